The molecular formula is C14H17BrINO2. The second-order valence-corrected chi connectivity index (χ2v) is 6.86. The van der Waals surface area contributed by atoms with E-state index in [0.29, 0.717) is 6.54 Å². The Labute approximate surface area is 135 Å². The molecule has 0 bridgehead atoms. The molecule has 0 heterocycles. The largest absolute Gasteiger partial charge is 0.395 e. The third kappa shape index (κ3) is 3.70. The Morgan fingerprint density at radius 3 is 2.74 bits per heavy atom. The lowest BCUT2D eigenvalue weighted by Gasteiger charge is -2.28. The Hall–Kier alpha value is -0.140. The van der Waals surface area contributed by atoms with Crippen molar-refractivity contribution in [2.45, 2.75) is 31.7 Å². The predicted molar refractivity (Wildman–Crippen MR) is 87.2 cm³/mol. The first-order valence-corrected chi connectivity index (χ1v) is 8.37. The van der Waals surface area contributed by atoms with Crippen LogP contribution < -0.4 is 0 Å². The summed E-state index contributed by atoms with van der Waals surface area (Å²) >= 11 is 5.60. The molecule has 0 saturated heterocycles. The Kier molecular flexibility index (Phi) is 5.65. The summed E-state index contributed by atoms with van der Waals surface area (Å²) in [6.07, 6.45) is 4.46. The fourth-order valence-electron chi connectivity index (χ4n) is 2.59. The fourth-order valence-corrected chi connectivity index (χ4v) is 3.52. The van der Waals surface area contributed by atoms with Crippen LogP contribution in [0.15, 0.2) is 22.7 Å². The Morgan fingerprint density at radius 1 is 1.42 bits per heavy atom. The van der Waals surface area contributed by atoms with Crippen LogP contribution in [0.2, 0.25) is 0 Å². The highest BCUT2D eigenvalue weighted by Crippen LogP contribution is 2.27. The lowest BCUT2D eigenvalue weighted by molar-refractivity contribution is 0.0637. The van der Waals surface area contributed by atoms with Crippen LogP contribution in [-0.2, 0) is 0 Å². The minimum Gasteiger partial charge on any atom is -0.395 e. The minimum atomic E-state index is 0.0207. The normalized spacial score (nSPS) is 15.7. The van der Waals surface area contributed by atoms with Crippen molar-refractivity contribution in [2.75, 3.05) is 13.2 Å². The van der Waals surface area contributed by atoms with Crippen molar-refractivity contribution in [3.63, 3.8) is 0 Å². The molecule has 1 saturated carbocycles. The molecule has 0 unspecified atom stereocenters. The van der Waals surface area contributed by atoms with E-state index in [1.165, 1.54) is 12.8 Å². The van der Waals surface area contributed by atoms with Gasteiger partial charge in [0, 0.05) is 20.6 Å². The number of aliphatic hydroxyl groups excluding tert-OH is 1. The van der Waals surface area contributed by atoms with Gasteiger partial charge in [-0.25, -0.2) is 0 Å². The van der Waals surface area contributed by atoms with Crippen LogP contribution in [0.25, 0.3) is 0 Å². The molecule has 1 aromatic rings. The molecule has 0 aliphatic heterocycles. The number of rotatable bonds is 4. The Bertz CT molecular complexity index is 461. The molecule has 1 aromatic carbocycles. The molecule has 0 aromatic heterocycles. The molecule has 1 aliphatic rings. The van der Waals surface area contributed by atoms with Gasteiger partial charge in [0.2, 0.25) is 0 Å². The van der Waals surface area contributed by atoms with Crippen LogP contribution in [0.1, 0.15) is 36.0 Å². The smallest absolute Gasteiger partial charge is 0.255 e. The average Bonchev–Trinajstić information content (AvgIpc) is 2.92. The highest BCUT2D eigenvalue weighted by Gasteiger charge is 2.27. The van der Waals surface area contributed by atoms with Gasteiger partial charge in [-0.3, -0.25) is 4.79 Å². The molecule has 1 N–H and O–H groups in total. The number of benzene rings is 1. The van der Waals surface area contributed by atoms with E-state index in [4.69, 9.17) is 0 Å². The summed E-state index contributed by atoms with van der Waals surface area (Å²) < 4.78 is 1.86. The van der Waals surface area contributed by atoms with Gasteiger partial charge in [-0.15, -0.1) is 0 Å². The van der Waals surface area contributed by atoms with E-state index in [1.54, 1.807) is 0 Å². The number of halogens is 2. The van der Waals surface area contributed by atoms with Crippen molar-refractivity contribution in [2.24, 2.45) is 0 Å². The van der Waals surface area contributed by atoms with Gasteiger partial charge < -0.3 is 10.0 Å². The molecule has 104 valence electrons. The first-order valence-electron chi connectivity index (χ1n) is 6.50. The van der Waals surface area contributed by atoms with Crippen LogP contribution in [0, 0.1) is 3.57 Å². The Balaban J connectivity index is 2.25. The van der Waals surface area contributed by atoms with Crippen LogP contribution >= 0.6 is 38.5 Å². The van der Waals surface area contributed by atoms with Gasteiger partial charge in [0.1, 0.15) is 0 Å². The van der Waals surface area contributed by atoms with Crippen LogP contribution in [-0.4, -0.2) is 35.1 Å². The summed E-state index contributed by atoms with van der Waals surface area (Å²) in [6, 6.07) is 6.02. The molecule has 3 nitrogen and oxygen atoms in total. The van der Waals surface area contributed by atoms with Gasteiger partial charge in [-0.2, -0.15) is 0 Å². The van der Waals surface area contributed by atoms with E-state index in [-0.39, 0.29) is 18.6 Å². The number of carbonyl (C=O) groups is 1. The second-order valence-electron chi connectivity index (χ2n) is 4.78. The van der Waals surface area contributed by atoms with Gasteiger partial charge >= 0.3 is 0 Å². The number of amides is 1. The van der Waals surface area contributed by atoms with Gasteiger partial charge in [-0.1, -0.05) is 28.8 Å². The summed E-state index contributed by atoms with van der Waals surface area (Å²) in [7, 11) is 0. The summed E-state index contributed by atoms with van der Waals surface area (Å²) in [5.41, 5.74) is 0.718. The molecule has 0 spiro atoms. The van der Waals surface area contributed by atoms with Crippen LogP contribution in [0.5, 0.6) is 0 Å². The summed E-state index contributed by atoms with van der Waals surface area (Å²) in [6.45, 7) is 0.443. The molecule has 19 heavy (non-hydrogen) atoms. The second kappa shape index (κ2) is 7.04. The maximum absolute atomic E-state index is 12.7. The first-order chi connectivity index (χ1) is 9.13. The van der Waals surface area contributed by atoms with Gasteiger partial charge in [0.25, 0.3) is 5.91 Å². The number of hydrogen-bond acceptors (Lipinski definition) is 2. The lowest BCUT2D eigenvalue weighted by Crippen LogP contribution is -2.41. The molecule has 0 radical (unpaired) electrons. The van der Waals surface area contributed by atoms with E-state index >= 15 is 0 Å². The molecule has 1 amide bonds. The van der Waals surface area contributed by atoms with E-state index in [2.05, 4.69) is 38.5 Å². The zero-order chi connectivity index (χ0) is 13.8. The van der Waals surface area contributed by atoms with Crippen molar-refractivity contribution < 1.29 is 9.90 Å². The van der Waals surface area contributed by atoms with E-state index in [9.17, 15) is 9.90 Å². The fraction of sp³-hybridized carbons (Fsp3) is 0.500. The van der Waals surface area contributed by atoms with Crippen molar-refractivity contribution in [1.82, 2.24) is 4.90 Å². The summed E-state index contributed by atoms with van der Waals surface area (Å²) in [4.78, 5) is 14.5. The number of carbonyl (C=O) groups excluding carboxylic acids is 1. The standard InChI is InChI=1S/C14H17BrINO2/c15-10-5-6-13(16)12(9-10)14(19)17(7-8-18)11-3-1-2-4-11/h5-6,9,11,18H,1-4,7-8H2. The summed E-state index contributed by atoms with van der Waals surface area (Å²) in [5, 5.41) is 9.21. The number of nitrogens with zero attached hydrogens (tertiary/aromatic N) is 1. The number of hydrogen-bond donors (Lipinski definition) is 1. The van der Waals surface area contributed by atoms with Crippen molar-refractivity contribution in [1.29, 1.82) is 0 Å². The maximum atomic E-state index is 12.7. The van der Waals surface area contributed by atoms with Gasteiger partial charge in [-0.05, 0) is 53.6 Å². The zero-order valence-electron chi connectivity index (χ0n) is 10.6. The highest BCUT2D eigenvalue weighted by atomic mass is 127. The van der Waals surface area contributed by atoms with Crippen LogP contribution in [0.4, 0.5) is 0 Å². The van der Waals surface area contributed by atoms with E-state index in [0.717, 1.165) is 26.4 Å². The zero-order valence-corrected chi connectivity index (χ0v) is 14.4. The maximum Gasteiger partial charge on any atom is 0.255 e. The van der Waals surface area contributed by atoms with E-state index in [1.807, 2.05) is 23.1 Å². The van der Waals surface area contributed by atoms with E-state index < -0.39 is 0 Å². The van der Waals surface area contributed by atoms with Gasteiger partial charge in [0.15, 0.2) is 0 Å². The molecule has 1 aliphatic carbocycles. The first kappa shape index (κ1) is 15.3. The van der Waals surface area contributed by atoms with Crippen molar-refractivity contribution >= 4 is 44.4 Å². The third-order valence-electron chi connectivity index (χ3n) is 3.53. The molecule has 0 atom stereocenters. The highest BCUT2D eigenvalue weighted by molar-refractivity contribution is 14.1. The summed E-state index contributed by atoms with van der Waals surface area (Å²) in [5.74, 6) is 0.0339. The van der Waals surface area contributed by atoms with Gasteiger partial charge in [0.05, 0.1) is 12.2 Å². The minimum absolute atomic E-state index is 0.0207. The molecule has 1 fully saturated rings. The topological polar surface area (TPSA) is 40.5 Å². The van der Waals surface area contributed by atoms with Crippen LogP contribution in [0.3, 0.4) is 0 Å². The molecular weight excluding hydrogens is 421 g/mol. The Morgan fingerprint density at radius 2 is 2.11 bits per heavy atom. The van der Waals surface area contributed by atoms with Crippen molar-refractivity contribution in [3.05, 3.63) is 31.8 Å². The molecule has 2 rings (SSSR count). The average molecular weight is 438 g/mol. The quantitative estimate of drug-likeness (QED) is 0.733. The third-order valence-corrected chi connectivity index (χ3v) is 4.96. The lowest BCUT2D eigenvalue weighted by atomic mass is 10.1. The monoisotopic (exact) mass is 437 g/mol. The predicted octanol–water partition coefficient (Wildman–Crippen LogP) is 3.43. The SMILES string of the molecule is O=C(c1cc(Br)ccc1I)N(CCO)C1CCCC1. The molecule has 5 heteroatoms. The van der Waals surface area contributed by atoms with Crippen molar-refractivity contribution in [3.8, 4) is 0 Å². The number of aliphatic hydroxyl groups is 1.